The number of ether oxygens (including phenoxy) is 3. The van der Waals surface area contributed by atoms with E-state index in [0.29, 0.717) is 29.6 Å². The summed E-state index contributed by atoms with van der Waals surface area (Å²) < 4.78 is 16.1. The van der Waals surface area contributed by atoms with Crippen LogP contribution < -0.4 is 20.1 Å². The summed E-state index contributed by atoms with van der Waals surface area (Å²) in [7, 11) is 0. The Bertz CT molecular complexity index is 950. The molecular weight excluding hydrogens is 396 g/mol. The van der Waals surface area contributed by atoms with Crippen molar-refractivity contribution in [3.63, 3.8) is 0 Å². The maximum Gasteiger partial charge on any atom is 0.258 e. The smallest absolute Gasteiger partial charge is 0.258 e. The van der Waals surface area contributed by atoms with Gasteiger partial charge in [0, 0.05) is 30.9 Å². The number of anilines is 1. The summed E-state index contributed by atoms with van der Waals surface area (Å²) in [5, 5.41) is 6.18. The number of guanidine groups is 1. The predicted octanol–water partition coefficient (Wildman–Crippen LogP) is 2.56. The lowest BCUT2D eigenvalue weighted by Gasteiger charge is -2.25. The molecule has 4 rings (SSSR count). The minimum atomic E-state index is -0.264. The fourth-order valence-corrected chi connectivity index (χ4v) is 3.64. The Morgan fingerprint density at radius 1 is 1.03 bits per heavy atom. The maximum absolute atomic E-state index is 12.9. The van der Waals surface area contributed by atoms with E-state index in [4.69, 9.17) is 14.2 Å². The van der Waals surface area contributed by atoms with Crippen LogP contribution in [0, 0.1) is 13.8 Å². The van der Waals surface area contributed by atoms with Crippen molar-refractivity contribution in [1.82, 2.24) is 10.2 Å². The Morgan fingerprint density at radius 3 is 2.55 bits per heavy atom. The van der Waals surface area contributed by atoms with E-state index in [9.17, 15) is 4.79 Å². The minimum Gasteiger partial charge on any atom is -0.454 e. The third-order valence-electron chi connectivity index (χ3n) is 5.14. The number of morpholine rings is 1. The number of benzene rings is 2. The molecule has 0 unspecified atom stereocenters. The molecule has 2 aliphatic heterocycles. The van der Waals surface area contributed by atoms with Gasteiger partial charge in [-0.3, -0.25) is 20.0 Å². The second kappa shape index (κ2) is 9.80. The average molecular weight is 425 g/mol. The Balaban J connectivity index is 1.47. The number of carbonyl (C=O) groups excluding carboxylic acids is 1. The van der Waals surface area contributed by atoms with Gasteiger partial charge in [0.2, 0.25) is 12.8 Å². The molecule has 31 heavy (non-hydrogen) atoms. The zero-order valence-corrected chi connectivity index (χ0v) is 17.9. The summed E-state index contributed by atoms with van der Waals surface area (Å²) in [6.45, 7) is 8.92. The zero-order valence-electron chi connectivity index (χ0n) is 17.9. The summed E-state index contributed by atoms with van der Waals surface area (Å²) in [4.78, 5) is 19.8. The van der Waals surface area contributed by atoms with Crippen molar-refractivity contribution in [2.45, 2.75) is 13.8 Å². The summed E-state index contributed by atoms with van der Waals surface area (Å²) in [6.07, 6.45) is 0. The Morgan fingerprint density at radius 2 is 1.77 bits per heavy atom. The Kier molecular flexibility index (Phi) is 6.69. The van der Waals surface area contributed by atoms with Crippen LogP contribution in [0.5, 0.6) is 11.5 Å². The van der Waals surface area contributed by atoms with E-state index in [0.717, 1.165) is 49.7 Å². The molecule has 0 aromatic heterocycles. The van der Waals surface area contributed by atoms with E-state index in [1.807, 2.05) is 26.0 Å². The molecule has 2 aromatic carbocycles. The lowest BCUT2D eigenvalue weighted by Crippen LogP contribution is -2.39. The number of fused-ring (bicyclic) bond motifs is 1. The molecule has 8 nitrogen and oxygen atoms in total. The minimum absolute atomic E-state index is 0.170. The summed E-state index contributed by atoms with van der Waals surface area (Å²) >= 11 is 0. The lowest BCUT2D eigenvalue weighted by molar-refractivity contribution is 0.0394. The van der Waals surface area contributed by atoms with E-state index < -0.39 is 0 Å². The maximum atomic E-state index is 12.9. The highest BCUT2D eigenvalue weighted by atomic mass is 16.7. The van der Waals surface area contributed by atoms with E-state index in [1.54, 1.807) is 18.2 Å². The fourth-order valence-electron chi connectivity index (χ4n) is 3.64. The number of carbonyl (C=O) groups is 1. The second-order valence-electron chi connectivity index (χ2n) is 7.71. The number of amides is 1. The molecule has 0 radical (unpaired) electrons. The summed E-state index contributed by atoms with van der Waals surface area (Å²) in [5.74, 6) is 1.37. The first-order valence-corrected chi connectivity index (χ1v) is 10.5. The van der Waals surface area contributed by atoms with Crippen LogP contribution in [0.15, 0.2) is 41.4 Å². The molecular formula is C23H28N4O4. The highest BCUT2D eigenvalue weighted by Gasteiger charge is 2.17. The van der Waals surface area contributed by atoms with Crippen molar-refractivity contribution < 1.29 is 19.0 Å². The number of aliphatic imine (C=N–C) groups is 1. The quantitative estimate of drug-likeness (QED) is 0.567. The van der Waals surface area contributed by atoms with Crippen molar-refractivity contribution in [1.29, 1.82) is 0 Å². The molecule has 2 heterocycles. The third-order valence-corrected chi connectivity index (χ3v) is 5.14. The van der Waals surface area contributed by atoms with Crippen molar-refractivity contribution in [2.24, 2.45) is 4.99 Å². The van der Waals surface area contributed by atoms with Crippen molar-refractivity contribution in [2.75, 3.05) is 51.5 Å². The number of hydrogen-bond acceptors (Lipinski definition) is 6. The molecule has 8 heteroatoms. The van der Waals surface area contributed by atoms with E-state index in [1.165, 1.54) is 0 Å². The largest absolute Gasteiger partial charge is 0.454 e. The van der Waals surface area contributed by atoms with Crippen molar-refractivity contribution in [3.8, 4) is 11.5 Å². The molecule has 1 fully saturated rings. The van der Waals surface area contributed by atoms with Crippen LogP contribution in [0.1, 0.15) is 21.5 Å². The van der Waals surface area contributed by atoms with E-state index in [-0.39, 0.29) is 12.7 Å². The Hall–Kier alpha value is -3.10. The van der Waals surface area contributed by atoms with Gasteiger partial charge in [-0.25, -0.2) is 0 Å². The van der Waals surface area contributed by atoms with Gasteiger partial charge in [-0.1, -0.05) is 6.07 Å². The van der Waals surface area contributed by atoms with Crippen molar-refractivity contribution in [3.05, 3.63) is 53.1 Å². The van der Waals surface area contributed by atoms with Crippen LogP contribution in [0.4, 0.5) is 5.69 Å². The highest BCUT2D eigenvalue weighted by molar-refractivity contribution is 6.10. The molecule has 1 amide bonds. The number of nitrogens with zero attached hydrogens (tertiary/aromatic N) is 2. The number of aryl methyl sites for hydroxylation is 2. The molecule has 0 aliphatic carbocycles. The topological polar surface area (TPSA) is 84.4 Å². The summed E-state index contributed by atoms with van der Waals surface area (Å²) in [6, 6.07) is 11.3. The normalized spacial score (nSPS) is 16.3. The molecule has 0 atom stereocenters. The van der Waals surface area contributed by atoms with Crippen LogP contribution in [-0.4, -0.2) is 63.0 Å². The number of nitrogens with one attached hydrogen (secondary N) is 2. The standard InChI is InChI=1S/C23H28N4O4/c1-16-11-17(2)13-19(12-16)25-23(24-5-6-27-7-9-29-10-8-27)26-22(28)18-3-4-20-21(14-18)31-15-30-20/h3-4,11-14H,5-10,15H2,1-2H3,(H2,24,25,26,28). The Labute approximate surface area is 182 Å². The average Bonchev–Trinajstić information content (AvgIpc) is 3.21. The summed E-state index contributed by atoms with van der Waals surface area (Å²) in [5.41, 5.74) is 3.63. The first kappa shape index (κ1) is 21.1. The zero-order chi connectivity index (χ0) is 21.6. The van der Waals surface area contributed by atoms with Crippen LogP contribution in [0.25, 0.3) is 0 Å². The van der Waals surface area contributed by atoms with Gasteiger partial charge in [0.15, 0.2) is 11.5 Å². The molecule has 164 valence electrons. The van der Waals surface area contributed by atoms with Crippen LogP contribution in [0.2, 0.25) is 0 Å². The second-order valence-corrected chi connectivity index (χ2v) is 7.71. The predicted molar refractivity (Wildman–Crippen MR) is 119 cm³/mol. The van der Waals surface area contributed by atoms with Gasteiger partial charge >= 0.3 is 0 Å². The molecule has 2 aromatic rings. The molecule has 0 saturated carbocycles. The molecule has 2 N–H and O–H groups in total. The first-order valence-electron chi connectivity index (χ1n) is 10.5. The van der Waals surface area contributed by atoms with E-state index in [2.05, 4.69) is 26.6 Å². The first-order chi connectivity index (χ1) is 15.1. The van der Waals surface area contributed by atoms with Gasteiger partial charge in [0.05, 0.1) is 19.8 Å². The van der Waals surface area contributed by atoms with Crippen LogP contribution in [-0.2, 0) is 4.74 Å². The van der Waals surface area contributed by atoms with Gasteiger partial charge in [-0.05, 0) is 55.3 Å². The van der Waals surface area contributed by atoms with Gasteiger partial charge < -0.3 is 19.5 Å². The monoisotopic (exact) mass is 424 g/mol. The molecule has 1 saturated heterocycles. The van der Waals surface area contributed by atoms with Crippen LogP contribution >= 0.6 is 0 Å². The molecule has 2 aliphatic rings. The van der Waals surface area contributed by atoms with Gasteiger partial charge in [-0.15, -0.1) is 0 Å². The number of rotatable bonds is 5. The third kappa shape index (κ3) is 5.74. The van der Waals surface area contributed by atoms with E-state index >= 15 is 0 Å². The van der Waals surface area contributed by atoms with Crippen LogP contribution in [0.3, 0.4) is 0 Å². The van der Waals surface area contributed by atoms with Crippen molar-refractivity contribution >= 4 is 17.6 Å². The van der Waals surface area contributed by atoms with Gasteiger partial charge in [0.1, 0.15) is 0 Å². The van der Waals surface area contributed by atoms with Gasteiger partial charge in [0.25, 0.3) is 5.91 Å². The SMILES string of the molecule is Cc1cc(C)cc(NC(=NCCN2CCOCC2)NC(=O)c2ccc3c(c2)OCO3)c1. The lowest BCUT2D eigenvalue weighted by atomic mass is 10.1. The van der Waals surface area contributed by atoms with Gasteiger partial charge in [-0.2, -0.15) is 0 Å². The fraction of sp³-hybridized carbons (Fsp3) is 0.391. The number of hydrogen-bond donors (Lipinski definition) is 2. The molecule has 0 bridgehead atoms. The molecule has 0 spiro atoms. The highest BCUT2D eigenvalue weighted by Crippen LogP contribution is 2.32.